The third kappa shape index (κ3) is 3.20. The quantitative estimate of drug-likeness (QED) is 0.781. The highest BCUT2D eigenvalue weighted by atomic mass is 19.1. The van der Waals surface area contributed by atoms with Crippen LogP contribution in [0.3, 0.4) is 0 Å². The number of anilines is 1. The van der Waals surface area contributed by atoms with E-state index < -0.39 is 0 Å². The molecule has 0 unspecified atom stereocenters. The third-order valence-corrected chi connectivity index (χ3v) is 3.61. The van der Waals surface area contributed by atoms with Crippen LogP contribution in [0.2, 0.25) is 0 Å². The number of nitrogens with zero attached hydrogens (tertiary/aromatic N) is 3. The zero-order valence-electron chi connectivity index (χ0n) is 13.0. The van der Waals surface area contributed by atoms with Gasteiger partial charge in [-0.1, -0.05) is 6.07 Å². The predicted molar refractivity (Wildman–Crippen MR) is 88.6 cm³/mol. The van der Waals surface area contributed by atoms with E-state index in [0.29, 0.717) is 23.4 Å². The van der Waals surface area contributed by atoms with Gasteiger partial charge < -0.3 is 10.1 Å². The van der Waals surface area contributed by atoms with E-state index in [4.69, 9.17) is 10.00 Å². The van der Waals surface area contributed by atoms with E-state index in [1.54, 1.807) is 23.0 Å². The standard InChI is InChI=1S/C18H15FN4O/c1-24-18-4-2-3-17(19)16(18)11-21-14-5-7-15(8-6-14)23-12-13(9-20)10-22-23/h2-8,10,12,21H,11H2,1H3. The monoisotopic (exact) mass is 322 g/mol. The molecule has 6 heteroatoms. The molecule has 5 nitrogen and oxygen atoms in total. The summed E-state index contributed by atoms with van der Waals surface area (Å²) in [6, 6.07) is 14.3. The Balaban J connectivity index is 1.72. The molecule has 0 aliphatic carbocycles. The van der Waals surface area contributed by atoms with Gasteiger partial charge in [0.05, 0.1) is 24.6 Å². The van der Waals surface area contributed by atoms with Crippen molar-refractivity contribution in [1.82, 2.24) is 9.78 Å². The molecule has 0 atom stereocenters. The molecular formula is C18H15FN4O. The van der Waals surface area contributed by atoms with Crippen LogP contribution in [0.1, 0.15) is 11.1 Å². The Labute approximate surface area is 138 Å². The molecular weight excluding hydrogens is 307 g/mol. The van der Waals surface area contributed by atoms with Crippen molar-refractivity contribution < 1.29 is 9.13 Å². The number of methoxy groups -OCH3 is 1. The number of aromatic nitrogens is 2. The number of benzene rings is 2. The zero-order chi connectivity index (χ0) is 16.9. The molecule has 0 aliphatic rings. The molecule has 1 heterocycles. The van der Waals surface area contributed by atoms with Gasteiger partial charge in [0.25, 0.3) is 0 Å². The Bertz CT molecular complexity index is 881. The summed E-state index contributed by atoms with van der Waals surface area (Å²) >= 11 is 0. The van der Waals surface area contributed by atoms with Gasteiger partial charge in [0.15, 0.2) is 0 Å². The van der Waals surface area contributed by atoms with E-state index in [9.17, 15) is 4.39 Å². The molecule has 0 aliphatic heterocycles. The van der Waals surface area contributed by atoms with Crippen LogP contribution >= 0.6 is 0 Å². The van der Waals surface area contributed by atoms with Gasteiger partial charge in [-0.2, -0.15) is 10.4 Å². The van der Waals surface area contributed by atoms with Crippen LogP contribution in [0.4, 0.5) is 10.1 Å². The maximum absolute atomic E-state index is 13.9. The smallest absolute Gasteiger partial charge is 0.131 e. The van der Waals surface area contributed by atoms with Gasteiger partial charge in [-0.15, -0.1) is 0 Å². The fraction of sp³-hybridized carbons (Fsp3) is 0.111. The van der Waals surface area contributed by atoms with Crippen LogP contribution in [0.25, 0.3) is 5.69 Å². The first-order valence-corrected chi connectivity index (χ1v) is 7.31. The van der Waals surface area contributed by atoms with Crippen LogP contribution in [0.15, 0.2) is 54.9 Å². The van der Waals surface area contributed by atoms with E-state index in [-0.39, 0.29) is 5.82 Å². The van der Waals surface area contributed by atoms with Crippen molar-refractivity contribution in [2.45, 2.75) is 6.54 Å². The van der Waals surface area contributed by atoms with Crippen LogP contribution < -0.4 is 10.1 Å². The molecule has 1 aromatic heterocycles. The molecule has 0 fully saturated rings. The maximum Gasteiger partial charge on any atom is 0.131 e. The SMILES string of the molecule is COc1cccc(F)c1CNc1ccc(-n2cc(C#N)cn2)cc1. The minimum atomic E-state index is -0.306. The third-order valence-electron chi connectivity index (χ3n) is 3.61. The Morgan fingerprint density at radius 3 is 2.71 bits per heavy atom. The highest BCUT2D eigenvalue weighted by Gasteiger charge is 2.08. The lowest BCUT2D eigenvalue weighted by Gasteiger charge is -2.12. The maximum atomic E-state index is 13.9. The minimum absolute atomic E-state index is 0.306. The van der Waals surface area contributed by atoms with Crippen LogP contribution in [-0.4, -0.2) is 16.9 Å². The fourth-order valence-corrected chi connectivity index (χ4v) is 2.35. The molecule has 0 bridgehead atoms. The molecule has 120 valence electrons. The van der Waals surface area contributed by atoms with Gasteiger partial charge in [-0.05, 0) is 36.4 Å². The minimum Gasteiger partial charge on any atom is -0.496 e. The van der Waals surface area contributed by atoms with E-state index in [2.05, 4.69) is 10.4 Å². The first-order chi connectivity index (χ1) is 11.7. The van der Waals surface area contributed by atoms with Gasteiger partial charge in [-0.3, -0.25) is 0 Å². The van der Waals surface area contributed by atoms with Crippen molar-refractivity contribution in [1.29, 1.82) is 5.26 Å². The second kappa shape index (κ2) is 6.84. The summed E-state index contributed by atoms with van der Waals surface area (Å²) in [5.74, 6) is 0.207. The summed E-state index contributed by atoms with van der Waals surface area (Å²) in [4.78, 5) is 0. The highest BCUT2D eigenvalue weighted by molar-refractivity contribution is 5.50. The molecule has 24 heavy (non-hydrogen) atoms. The number of nitrogens with one attached hydrogen (secondary N) is 1. The second-order valence-electron chi connectivity index (χ2n) is 5.11. The first kappa shape index (κ1) is 15.6. The second-order valence-corrected chi connectivity index (χ2v) is 5.11. The first-order valence-electron chi connectivity index (χ1n) is 7.31. The van der Waals surface area contributed by atoms with Crippen LogP contribution in [0, 0.1) is 17.1 Å². The number of rotatable bonds is 5. The van der Waals surface area contributed by atoms with E-state index in [1.165, 1.54) is 19.4 Å². The fourth-order valence-electron chi connectivity index (χ4n) is 2.35. The molecule has 0 radical (unpaired) electrons. The van der Waals surface area contributed by atoms with Gasteiger partial charge in [0.1, 0.15) is 17.6 Å². The average Bonchev–Trinajstić information content (AvgIpc) is 3.10. The molecule has 0 saturated carbocycles. The van der Waals surface area contributed by atoms with E-state index in [1.807, 2.05) is 30.3 Å². The Kier molecular flexibility index (Phi) is 4.43. The molecule has 3 rings (SSSR count). The van der Waals surface area contributed by atoms with Crippen molar-refractivity contribution in [3.05, 3.63) is 71.8 Å². The summed E-state index contributed by atoms with van der Waals surface area (Å²) in [6.07, 6.45) is 3.17. The van der Waals surface area contributed by atoms with Crippen molar-refractivity contribution in [2.75, 3.05) is 12.4 Å². The van der Waals surface area contributed by atoms with Crippen LogP contribution in [-0.2, 0) is 6.54 Å². The van der Waals surface area contributed by atoms with Crippen molar-refractivity contribution >= 4 is 5.69 Å². The molecule has 0 amide bonds. The largest absolute Gasteiger partial charge is 0.496 e. The summed E-state index contributed by atoms with van der Waals surface area (Å²) in [5.41, 5.74) is 2.67. The molecule has 1 N–H and O–H groups in total. The number of hydrogen-bond donors (Lipinski definition) is 1. The summed E-state index contributed by atoms with van der Waals surface area (Å²) < 4.78 is 20.7. The summed E-state index contributed by atoms with van der Waals surface area (Å²) in [5, 5.41) is 16.1. The normalized spacial score (nSPS) is 10.2. The lowest BCUT2D eigenvalue weighted by molar-refractivity contribution is 0.405. The van der Waals surface area contributed by atoms with Crippen molar-refractivity contribution in [3.63, 3.8) is 0 Å². The van der Waals surface area contributed by atoms with E-state index >= 15 is 0 Å². The zero-order valence-corrected chi connectivity index (χ0v) is 13.0. The number of halogens is 1. The Morgan fingerprint density at radius 2 is 2.04 bits per heavy atom. The predicted octanol–water partition coefficient (Wildman–Crippen LogP) is 3.50. The van der Waals surface area contributed by atoms with Gasteiger partial charge >= 0.3 is 0 Å². The molecule has 0 spiro atoms. The average molecular weight is 322 g/mol. The van der Waals surface area contributed by atoms with Crippen molar-refractivity contribution in [2.24, 2.45) is 0 Å². The van der Waals surface area contributed by atoms with E-state index in [0.717, 1.165) is 11.4 Å². The van der Waals surface area contributed by atoms with Crippen molar-refractivity contribution in [3.8, 4) is 17.5 Å². The Hall–Kier alpha value is -3.33. The number of hydrogen-bond acceptors (Lipinski definition) is 4. The number of ether oxygens (including phenoxy) is 1. The lowest BCUT2D eigenvalue weighted by Crippen LogP contribution is -2.04. The highest BCUT2D eigenvalue weighted by Crippen LogP contribution is 2.22. The molecule has 3 aromatic rings. The Morgan fingerprint density at radius 1 is 1.25 bits per heavy atom. The van der Waals surface area contributed by atoms with Gasteiger partial charge in [-0.25, -0.2) is 9.07 Å². The van der Waals surface area contributed by atoms with Crippen LogP contribution in [0.5, 0.6) is 5.75 Å². The topological polar surface area (TPSA) is 62.9 Å². The lowest BCUT2D eigenvalue weighted by atomic mass is 10.1. The van der Waals surface area contributed by atoms with Gasteiger partial charge in [0.2, 0.25) is 0 Å². The molecule has 2 aromatic carbocycles. The summed E-state index contributed by atoms with van der Waals surface area (Å²) in [6.45, 7) is 0.315. The number of nitriles is 1. The molecule has 0 saturated heterocycles. The van der Waals surface area contributed by atoms with Gasteiger partial charge in [0, 0.05) is 24.0 Å². The summed E-state index contributed by atoms with van der Waals surface area (Å²) in [7, 11) is 1.52.